The molecule has 9 heteroatoms. The highest BCUT2D eigenvalue weighted by Gasteiger charge is 2.31. The third-order valence-corrected chi connectivity index (χ3v) is 7.00. The number of carbonyl (C=O) groups is 3. The monoisotopic (exact) mass is 510 g/mol. The maximum absolute atomic E-state index is 12.6. The van der Waals surface area contributed by atoms with Crippen LogP contribution in [0, 0.1) is 12.8 Å². The second-order valence-electron chi connectivity index (χ2n) is 9.57. The van der Waals surface area contributed by atoms with Crippen LogP contribution in [0.4, 0.5) is 16.2 Å². The molecule has 1 heterocycles. The molecule has 3 amide bonds. The van der Waals surface area contributed by atoms with Crippen molar-refractivity contribution in [2.75, 3.05) is 30.8 Å². The first kappa shape index (κ1) is 28.0. The van der Waals surface area contributed by atoms with Gasteiger partial charge in [0.2, 0.25) is 5.91 Å². The Balaban J connectivity index is 1.75. The highest BCUT2D eigenvalue weighted by atomic mass is 16.5. The van der Waals surface area contributed by atoms with E-state index in [2.05, 4.69) is 20.9 Å². The number of urea groups is 1. The number of anilines is 2. The van der Waals surface area contributed by atoms with Crippen molar-refractivity contribution in [2.45, 2.75) is 58.5 Å². The molecule has 0 bridgehead atoms. The topological polar surface area (TPSA) is 120 Å². The second kappa shape index (κ2) is 13.1. The molecule has 0 radical (unpaired) electrons. The maximum atomic E-state index is 12.6. The van der Waals surface area contributed by atoms with Crippen molar-refractivity contribution in [1.29, 1.82) is 0 Å². The fraction of sp³-hybridized carbons (Fsp3) is 0.464. The molecule has 0 aliphatic carbocycles. The Labute approximate surface area is 218 Å². The average Bonchev–Trinajstić information content (AvgIpc) is 2.88. The third kappa shape index (κ3) is 7.69. The first-order valence-corrected chi connectivity index (χ1v) is 12.8. The van der Waals surface area contributed by atoms with Gasteiger partial charge in [0.05, 0.1) is 25.3 Å². The Morgan fingerprint density at radius 3 is 2.38 bits per heavy atom. The van der Waals surface area contributed by atoms with Crippen molar-refractivity contribution in [3.8, 4) is 5.75 Å². The van der Waals surface area contributed by atoms with Gasteiger partial charge in [-0.1, -0.05) is 31.2 Å². The number of nitrogens with zero attached hydrogens (tertiary/aromatic N) is 1. The quantitative estimate of drug-likeness (QED) is 0.365. The van der Waals surface area contributed by atoms with E-state index in [9.17, 15) is 14.4 Å². The minimum atomic E-state index is -0.795. The molecule has 4 N–H and O–H groups in total. The van der Waals surface area contributed by atoms with Gasteiger partial charge in [-0.25, -0.2) is 4.79 Å². The molecule has 0 spiro atoms. The number of benzene rings is 2. The Hall–Kier alpha value is -3.59. The maximum Gasteiger partial charge on any atom is 0.323 e. The van der Waals surface area contributed by atoms with Crippen LogP contribution >= 0.6 is 0 Å². The SMILES string of the molecule is CCC(=O)NC(c1ccc(NC(=O)Nc2ccccc2C)c(OC)c1)C1CCN(C(C)CC(=O)O)CC1. The number of rotatable bonds is 10. The predicted molar refractivity (Wildman–Crippen MR) is 144 cm³/mol. The molecule has 1 aliphatic heterocycles. The molecular weight excluding hydrogens is 472 g/mol. The Morgan fingerprint density at radius 1 is 1.08 bits per heavy atom. The number of para-hydroxylation sites is 1. The zero-order chi connectivity index (χ0) is 26.9. The summed E-state index contributed by atoms with van der Waals surface area (Å²) in [5, 5.41) is 18.0. The average molecular weight is 511 g/mol. The van der Waals surface area contributed by atoms with E-state index in [0.717, 1.165) is 42.7 Å². The van der Waals surface area contributed by atoms with Crippen LogP contribution in [-0.2, 0) is 9.59 Å². The lowest BCUT2D eigenvalue weighted by molar-refractivity contribution is -0.138. The summed E-state index contributed by atoms with van der Waals surface area (Å²) >= 11 is 0. The standard InChI is InChI=1S/C28H38N4O5/c1-5-25(33)31-27(20-12-14-32(15-13-20)19(3)16-26(34)35)21-10-11-23(24(17-21)37-4)30-28(36)29-22-9-7-6-8-18(22)2/h6-11,17,19-20,27H,5,12-16H2,1-4H3,(H,31,33)(H,34,35)(H2,29,30,36). The lowest BCUT2D eigenvalue weighted by atomic mass is 9.84. The summed E-state index contributed by atoms with van der Waals surface area (Å²) in [6.45, 7) is 7.23. The number of carbonyl (C=O) groups excluding carboxylic acids is 2. The van der Waals surface area contributed by atoms with Crippen LogP contribution in [0.5, 0.6) is 5.75 Å². The van der Waals surface area contributed by atoms with E-state index < -0.39 is 5.97 Å². The van der Waals surface area contributed by atoms with E-state index in [1.165, 1.54) is 0 Å². The van der Waals surface area contributed by atoms with Gasteiger partial charge in [0, 0.05) is 18.2 Å². The number of carboxylic acids is 1. The first-order valence-electron chi connectivity index (χ1n) is 12.8. The summed E-state index contributed by atoms with van der Waals surface area (Å²) in [6, 6.07) is 12.5. The molecule has 37 heavy (non-hydrogen) atoms. The molecule has 2 unspecified atom stereocenters. The Morgan fingerprint density at radius 2 is 1.76 bits per heavy atom. The van der Waals surface area contributed by atoms with Gasteiger partial charge in [-0.15, -0.1) is 0 Å². The number of carboxylic acid groups (broad SMARTS) is 1. The minimum absolute atomic E-state index is 0.0293. The molecule has 2 atom stereocenters. The fourth-order valence-corrected chi connectivity index (χ4v) is 4.82. The lowest BCUT2D eigenvalue weighted by Gasteiger charge is -2.39. The normalized spacial score (nSPS) is 15.9. The summed E-state index contributed by atoms with van der Waals surface area (Å²) in [7, 11) is 1.55. The second-order valence-corrected chi connectivity index (χ2v) is 9.57. The van der Waals surface area contributed by atoms with Crippen LogP contribution in [-0.4, -0.2) is 54.2 Å². The van der Waals surface area contributed by atoms with Gasteiger partial charge in [0.1, 0.15) is 5.75 Å². The summed E-state index contributed by atoms with van der Waals surface area (Å²) in [5.74, 6) is -0.140. The van der Waals surface area contributed by atoms with Crippen molar-refractivity contribution >= 4 is 29.3 Å². The van der Waals surface area contributed by atoms with Gasteiger partial charge in [-0.3, -0.25) is 9.59 Å². The van der Waals surface area contributed by atoms with Gasteiger partial charge >= 0.3 is 12.0 Å². The fourth-order valence-electron chi connectivity index (χ4n) is 4.82. The summed E-state index contributed by atoms with van der Waals surface area (Å²) in [4.78, 5) is 38.4. The molecule has 1 saturated heterocycles. The van der Waals surface area contributed by atoms with Crippen molar-refractivity contribution < 1.29 is 24.2 Å². The van der Waals surface area contributed by atoms with Crippen LogP contribution in [0.25, 0.3) is 0 Å². The zero-order valence-electron chi connectivity index (χ0n) is 22.0. The number of aryl methyl sites for hydroxylation is 1. The van der Waals surface area contributed by atoms with E-state index >= 15 is 0 Å². The van der Waals surface area contributed by atoms with E-state index in [-0.39, 0.29) is 36.4 Å². The highest BCUT2D eigenvalue weighted by molar-refractivity contribution is 6.01. The van der Waals surface area contributed by atoms with Crippen molar-refractivity contribution in [3.63, 3.8) is 0 Å². The molecule has 9 nitrogen and oxygen atoms in total. The largest absolute Gasteiger partial charge is 0.495 e. The number of piperidine rings is 1. The van der Waals surface area contributed by atoms with Crippen LogP contribution < -0.4 is 20.7 Å². The first-order chi connectivity index (χ1) is 17.7. The van der Waals surface area contributed by atoms with Gasteiger partial charge in [0.15, 0.2) is 0 Å². The number of likely N-dealkylation sites (tertiary alicyclic amines) is 1. The van der Waals surface area contributed by atoms with Gasteiger partial charge in [0.25, 0.3) is 0 Å². The summed E-state index contributed by atoms with van der Waals surface area (Å²) < 4.78 is 5.60. The molecule has 0 saturated carbocycles. The Bertz CT molecular complexity index is 1100. The van der Waals surface area contributed by atoms with E-state index in [1.807, 2.05) is 57.2 Å². The van der Waals surface area contributed by atoms with Crippen molar-refractivity contribution in [3.05, 3.63) is 53.6 Å². The Kier molecular flexibility index (Phi) is 9.91. The lowest BCUT2D eigenvalue weighted by Crippen LogP contribution is -2.44. The predicted octanol–water partition coefficient (Wildman–Crippen LogP) is 4.79. The number of methoxy groups -OCH3 is 1. The third-order valence-electron chi connectivity index (χ3n) is 7.00. The number of hydrogen-bond acceptors (Lipinski definition) is 5. The summed E-state index contributed by atoms with van der Waals surface area (Å²) in [5.41, 5.74) is 3.11. The minimum Gasteiger partial charge on any atom is -0.495 e. The number of nitrogens with one attached hydrogen (secondary N) is 3. The number of hydrogen-bond donors (Lipinski definition) is 4. The van der Waals surface area contributed by atoms with Crippen molar-refractivity contribution in [1.82, 2.24) is 10.2 Å². The number of aliphatic carboxylic acids is 1. The number of ether oxygens (including phenoxy) is 1. The molecule has 0 aromatic heterocycles. The molecular formula is C28H38N4O5. The van der Waals surface area contributed by atoms with Crippen LogP contribution in [0.1, 0.15) is 56.7 Å². The van der Waals surface area contributed by atoms with E-state index in [0.29, 0.717) is 17.9 Å². The molecule has 200 valence electrons. The van der Waals surface area contributed by atoms with Crippen LogP contribution in [0.3, 0.4) is 0 Å². The van der Waals surface area contributed by atoms with Crippen LogP contribution in [0.2, 0.25) is 0 Å². The molecule has 3 rings (SSSR count). The molecule has 2 aromatic rings. The smallest absolute Gasteiger partial charge is 0.323 e. The molecule has 2 aromatic carbocycles. The molecule has 1 aliphatic rings. The van der Waals surface area contributed by atoms with Crippen molar-refractivity contribution in [2.24, 2.45) is 5.92 Å². The van der Waals surface area contributed by atoms with E-state index in [1.54, 1.807) is 13.2 Å². The molecule has 1 fully saturated rings. The van der Waals surface area contributed by atoms with Gasteiger partial charge in [-0.2, -0.15) is 0 Å². The summed E-state index contributed by atoms with van der Waals surface area (Å²) in [6.07, 6.45) is 2.16. The van der Waals surface area contributed by atoms with Gasteiger partial charge < -0.3 is 30.7 Å². The highest BCUT2D eigenvalue weighted by Crippen LogP contribution is 2.36. The van der Waals surface area contributed by atoms with E-state index in [4.69, 9.17) is 9.84 Å². The van der Waals surface area contributed by atoms with Crippen LogP contribution in [0.15, 0.2) is 42.5 Å². The zero-order valence-corrected chi connectivity index (χ0v) is 22.0. The number of amides is 3. The van der Waals surface area contributed by atoms with Gasteiger partial charge in [-0.05, 0) is 75.0 Å².